The highest BCUT2D eigenvalue weighted by atomic mass is 16.6. The van der Waals surface area contributed by atoms with Gasteiger partial charge in [0.05, 0.1) is 4.92 Å². The summed E-state index contributed by atoms with van der Waals surface area (Å²) in [5, 5.41) is 10.8. The van der Waals surface area contributed by atoms with Gasteiger partial charge in [0, 0.05) is 44.0 Å². The minimum atomic E-state index is -0.559. The van der Waals surface area contributed by atoms with E-state index in [2.05, 4.69) is 25.7 Å². The van der Waals surface area contributed by atoms with E-state index in [-0.39, 0.29) is 17.0 Å². The lowest BCUT2D eigenvalue weighted by molar-refractivity contribution is -0.384. The van der Waals surface area contributed by atoms with Gasteiger partial charge in [0.25, 0.3) is 11.6 Å². The smallest absolute Gasteiger partial charge is 0.269 e. The highest BCUT2D eigenvalue weighted by molar-refractivity contribution is 5.81. The molecule has 30 heavy (non-hydrogen) atoms. The second kappa shape index (κ2) is 8.73. The fraction of sp³-hybridized carbons (Fsp3) is 0.435. The van der Waals surface area contributed by atoms with E-state index in [0.29, 0.717) is 31.9 Å². The lowest BCUT2D eigenvalue weighted by atomic mass is 9.87. The summed E-state index contributed by atoms with van der Waals surface area (Å²) in [7, 11) is 0. The average molecular weight is 412 g/mol. The molecule has 3 rings (SSSR count). The molecule has 160 valence electrons. The number of benzene rings is 2. The van der Waals surface area contributed by atoms with Crippen molar-refractivity contribution < 1.29 is 14.5 Å². The second-order valence-electron chi connectivity index (χ2n) is 8.62. The van der Waals surface area contributed by atoms with E-state index in [4.69, 9.17) is 4.74 Å². The summed E-state index contributed by atoms with van der Waals surface area (Å²) < 4.78 is 5.88. The van der Waals surface area contributed by atoms with Crippen molar-refractivity contribution in [1.82, 2.24) is 4.90 Å². The van der Waals surface area contributed by atoms with Gasteiger partial charge in [-0.15, -0.1) is 0 Å². The molecule has 0 unspecified atom stereocenters. The maximum Gasteiger partial charge on any atom is 0.269 e. The molecule has 0 aliphatic carbocycles. The van der Waals surface area contributed by atoms with E-state index in [9.17, 15) is 14.9 Å². The van der Waals surface area contributed by atoms with Crippen LogP contribution in [-0.2, 0) is 10.2 Å². The molecule has 2 aromatic rings. The molecular weight excluding hydrogens is 382 g/mol. The van der Waals surface area contributed by atoms with E-state index in [0.717, 1.165) is 5.69 Å². The highest BCUT2D eigenvalue weighted by Gasteiger charge is 2.26. The van der Waals surface area contributed by atoms with E-state index in [1.165, 1.54) is 17.7 Å². The molecule has 1 amide bonds. The molecule has 7 nitrogen and oxygen atoms in total. The van der Waals surface area contributed by atoms with Gasteiger partial charge in [-0.25, -0.2) is 0 Å². The molecule has 1 aliphatic heterocycles. The maximum absolute atomic E-state index is 12.8. The Labute approximate surface area is 177 Å². The predicted molar refractivity (Wildman–Crippen MR) is 117 cm³/mol. The summed E-state index contributed by atoms with van der Waals surface area (Å²) in [5.74, 6) is 0.659. The van der Waals surface area contributed by atoms with Gasteiger partial charge in [0.15, 0.2) is 6.10 Å². The molecule has 1 fully saturated rings. The Morgan fingerprint density at radius 1 is 1.00 bits per heavy atom. The fourth-order valence-corrected chi connectivity index (χ4v) is 3.52. The molecule has 0 aromatic heterocycles. The van der Waals surface area contributed by atoms with Gasteiger partial charge in [0.1, 0.15) is 5.75 Å². The number of piperazine rings is 1. The molecule has 0 radical (unpaired) electrons. The highest BCUT2D eigenvalue weighted by Crippen LogP contribution is 2.25. The first-order valence-electron chi connectivity index (χ1n) is 10.2. The summed E-state index contributed by atoms with van der Waals surface area (Å²) in [6.07, 6.45) is -0.559. The molecule has 0 saturated carbocycles. The third-order valence-electron chi connectivity index (χ3n) is 5.40. The average Bonchev–Trinajstić information content (AvgIpc) is 2.73. The first-order valence-corrected chi connectivity index (χ1v) is 10.2. The van der Waals surface area contributed by atoms with Crippen LogP contribution >= 0.6 is 0 Å². The largest absolute Gasteiger partial charge is 0.481 e. The number of ether oxygens (including phenoxy) is 1. The number of amides is 1. The van der Waals surface area contributed by atoms with Crippen molar-refractivity contribution >= 4 is 17.3 Å². The maximum atomic E-state index is 12.8. The second-order valence-corrected chi connectivity index (χ2v) is 8.62. The molecule has 1 saturated heterocycles. The number of rotatable bonds is 5. The Morgan fingerprint density at radius 3 is 2.07 bits per heavy atom. The first kappa shape index (κ1) is 21.6. The van der Waals surface area contributed by atoms with E-state index < -0.39 is 11.0 Å². The van der Waals surface area contributed by atoms with Crippen molar-refractivity contribution in [3.05, 3.63) is 64.2 Å². The van der Waals surface area contributed by atoms with Crippen molar-refractivity contribution in [2.75, 3.05) is 31.1 Å². The Kier molecular flexibility index (Phi) is 6.29. The minimum Gasteiger partial charge on any atom is -0.481 e. The van der Waals surface area contributed by atoms with Crippen molar-refractivity contribution in [1.29, 1.82) is 0 Å². The van der Waals surface area contributed by atoms with Gasteiger partial charge in [-0.3, -0.25) is 14.9 Å². The van der Waals surface area contributed by atoms with Crippen LogP contribution in [0.25, 0.3) is 0 Å². The molecule has 1 aliphatic rings. The topological polar surface area (TPSA) is 75.9 Å². The number of non-ortho nitro benzene ring substituents is 1. The Bertz CT molecular complexity index is 880. The zero-order valence-electron chi connectivity index (χ0n) is 18.0. The van der Waals surface area contributed by atoms with Gasteiger partial charge >= 0.3 is 0 Å². The number of hydrogen-bond acceptors (Lipinski definition) is 5. The Hall–Kier alpha value is -3.09. The van der Waals surface area contributed by atoms with Gasteiger partial charge < -0.3 is 14.5 Å². The summed E-state index contributed by atoms with van der Waals surface area (Å²) >= 11 is 0. The number of carbonyl (C=O) groups is 1. The summed E-state index contributed by atoms with van der Waals surface area (Å²) in [5.41, 5.74) is 2.30. The van der Waals surface area contributed by atoms with Crippen LogP contribution < -0.4 is 9.64 Å². The number of nitro groups is 1. The monoisotopic (exact) mass is 411 g/mol. The van der Waals surface area contributed by atoms with E-state index >= 15 is 0 Å². The Morgan fingerprint density at radius 2 is 1.57 bits per heavy atom. The summed E-state index contributed by atoms with van der Waals surface area (Å²) in [6, 6.07) is 14.4. The van der Waals surface area contributed by atoms with Crippen LogP contribution in [0.3, 0.4) is 0 Å². The predicted octanol–water partition coefficient (Wildman–Crippen LogP) is 4.01. The number of anilines is 1. The molecule has 0 bridgehead atoms. The van der Waals surface area contributed by atoms with Crippen molar-refractivity contribution in [3.63, 3.8) is 0 Å². The van der Waals surface area contributed by atoms with Crippen LogP contribution in [0.1, 0.15) is 33.3 Å². The molecule has 0 spiro atoms. The normalized spacial score (nSPS) is 15.6. The van der Waals surface area contributed by atoms with Crippen molar-refractivity contribution in [2.24, 2.45) is 0 Å². The summed E-state index contributed by atoms with van der Waals surface area (Å²) in [4.78, 5) is 27.1. The van der Waals surface area contributed by atoms with Crippen LogP contribution in [0, 0.1) is 10.1 Å². The minimum absolute atomic E-state index is 0.0294. The lowest BCUT2D eigenvalue weighted by Crippen LogP contribution is -2.52. The SMILES string of the molecule is C[C@H](Oc1ccc(C(C)(C)C)cc1)C(=O)N1CCN(c2ccc([N+](=O)[O-])cc2)CC1. The number of nitrogens with zero attached hydrogens (tertiary/aromatic N) is 3. The van der Waals surface area contributed by atoms with Crippen LogP contribution in [0.4, 0.5) is 11.4 Å². The molecule has 7 heteroatoms. The van der Waals surface area contributed by atoms with Gasteiger partial charge in [-0.2, -0.15) is 0 Å². The fourth-order valence-electron chi connectivity index (χ4n) is 3.52. The third kappa shape index (κ3) is 5.09. The zero-order chi connectivity index (χ0) is 21.9. The van der Waals surface area contributed by atoms with Gasteiger partial charge in [-0.1, -0.05) is 32.9 Å². The molecular formula is C23H29N3O4. The number of carbonyl (C=O) groups excluding carboxylic acids is 1. The molecule has 1 heterocycles. The van der Waals surface area contributed by atoms with Crippen molar-refractivity contribution in [3.8, 4) is 5.75 Å². The van der Waals surface area contributed by atoms with E-state index in [1.807, 2.05) is 29.2 Å². The van der Waals surface area contributed by atoms with Crippen LogP contribution in [0.5, 0.6) is 5.75 Å². The summed E-state index contributed by atoms with van der Waals surface area (Å²) in [6.45, 7) is 10.8. The Balaban J connectivity index is 1.53. The van der Waals surface area contributed by atoms with Crippen molar-refractivity contribution in [2.45, 2.75) is 39.2 Å². The molecule has 2 aromatic carbocycles. The zero-order valence-corrected chi connectivity index (χ0v) is 18.0. The third-order valence-corrected chi connectivity index (χ3v) is 5.40. The van der Waals surface area contributed by atoms with Crippen LogP contribution in [0.2, 0.25) is 0 Å². The van der Waals surface area contributed by atoms with Gasteiger partial charge in [-0.05, 0) is 42.2 Å². The number of nitro benzene ring substituents is 1. The molecule has 1 atom stereocenters. The number of hydrogen-bond donors (Lipinski definition) is 0. The van der Waals surface area contributed by atoms with E-state index in [1.54, 1.807) is 19.1 Å². The van der Waals surface area contributed by atoms with Crippen LogP contribution in [0.15, 0.2) is 48.5 Å². The first-order chi connectivity index (χ1) is 14.1. The standard InChI is InChI=1S/C23H29N3O4/c1-17(30-21-11-5-18(6-12-21)23(2,3)4)22(27)25-15-13-24(14-16-25)19-7-9-20(10-8-19)26(28)29/h5-12,17H,13-16H2,1-4H3/t17-/m0/s1. The lowest BCUT2D eigenvalue weighted by Gasteiger charge is -2.37. The molecule has 0 N–H and O–H groups in total. The quantitative estimate of drug-likeness (QED) is 0.549. The van der Waals surface area contributed by atoms with Gasteiger partial charge in [0.2, 0.25) is 0 Å². The van der Waals surface area contributed by atoms with Crippen LogP contribution in [-0.4, -0.2) is 48.0 Å².